The Morgan fingerprint density at radius 1 is 0.528 bits per heavy atom. The Bertz CT molecular complexity index is 1360. The van der Waals surface area contributed by atoms with Crippen LogP contribution in [0.5, 0.6) is 0 Å². The van der Waals surface area contributed by atoms with Gasteiger partial charge in [0.05, 0.1) is 23.0 Å². The van der Waals surface area contributed by atoms with Gasteiger partial charge in [0.2, 0.25) is 0 Å². The Balaban J connectivity index is 1.51. The van der Waals surface area contributed by atoms with E-state index in [4.69, 9.17) is 32.7 Å². The first-order valence-electron chi connectivity index (χ1n) is 11.6. The van der Waals surface area contributed by atoms with Gasteiger partial charge in [-0.15, -0.1) is 0 Å². The van der Waals surface area contributed by atoms with Crippen molar-refractivity contribution in [3.05, 3.63) is 140 Å². The van der Waals surface area contributed by atoms with Crippen molar-refractivity contribution < 1.29 is 19.1 Å². The molecular weight excluding hydrogens is 495 g/mol. The predicted octanol–water partition coefficient (Wildman–Crippen LogP) is 7.04. The zero-order valence-corrected chi connectivity index (χ0v) is 20.4. The second-order valence-electron chi connectivity index (χ2n) is 8.91. The Kier molecular flexibility index (Phi) is 5.79. The molecule has 4 nitrogen and oxygen atoms in total. The average molecular weight is 515 g/mol. The van der Waals surface area contributed by atoms with E-state index >= 15 is 0 Å². The highest BCUT2D eigenvalue weighted by Gasteiger charge is 2.55. The molecule has 0 amide bonds. The standard InChI is InChI=1S/C30H20Cl2O4/c31-21-15-8-14-20-23(21)25-19-13-7-16-22(32)24(19)26(20)28(36-30(34)18-11-5-2-6-12-18)27(25)35-29(33)17-9-3-1-4-10-17/h1-16,25-28H/t25-,26+,27?,28?. The predicted molar refractivity (Wildman–Crippen MR) is 138 cm³/mol. The van der Waals surface area contributed by atoms with E-state index < -0.39 is 36.0 Å². The molecular formula is C30H20Cl2O4. The van der Waals surface area contributed by atoms with Gasteiger partial charge in [-0.25, -0.2) is 9.59 Å². The fraction of sp³-hybridized carbons (Fsp3) is 0.133. The van der Waals surface area contributed by atoms with Gasteiger partial charge in [-0.2, -0.15) is 0 Å². The number of fused-ring (bicyclic) bond motifs is 1. The Labute approximate surface area is 218 Å². The number of hydrogen-bond donors (Lipinski definition) is 0. The Hall–Kier alpha value is -3.60. The third kappa shape index (κ3) is 3.69. The average Bonchev–Trinajstić information content (AvgIpc) is 2.91. The Morgan fingerprint density at radius 2 is 0.917 bits per heavy atom. The van der Waals surface area contributed by atoms with Gasteiger partial charge in [-0.3, -0.25) is 0 Å². The fourth-order valence-electron chi connectivity index (χ4n) is 5.48. The monoisotopic (exact) mass is 514 g/mol. The largest absolute Gasteiger partial charge is 0.454 e. The van der Waals surface area contributed by atoms with E-state index in [1.54, 1.807) is 48.5 Å². The molecule has 0 fully saturated rings. The first-order chi connectivity index (χ1) is 17.5. The summed E-state index contributed by atoms with van der Waals surface area (Å²) in [5.41, 5.74) is 4.42. The highest BCUT2D eigenvalue weighted by atomic mass is 35.5. The van der Waals surface area contributed by atoms with Gasteiger partial charge >= 0.3 is 11.9 Å². The van der Waals surface area contributed by atoms with Crippen LogP contribution in [-0.2, 0) is 9.47 Å². The maximum atomic E-state index is 13.2. The molecule has 0 N–H and O–H groups in total. The Morgan fingerprint density at radius 3 is 1.31 bits per heavy atom. The third-order valence-corrected chi connectivity index (χ3v) is 7.61. The molecule has 0 aliphatic heterocycles. The van der Waals surface area contributed by atoms with Crippen molar-refractivity contribution in [3.63, 3.8) is 0 Å². The maximum Gasteiger partial charge on any atom is 0.338 e. The fourth-order valence-corrected chi connectivity index (χ4v) is 6.08. The van der Waals surface area contributed by atoms with E-state index in [9.17, 15) is 9.59 Å². The summed E-state index contributed by atoms with van der Waals surface area (Å²) in [7, 11) is 0. The molecule has 0 radical (unpaired) electrons. The van der Waals surface area contributed by atoms with Crippen LogP contribution in [0.1, 0.15) is 54.8 Å². The normalized spacial score (nSPS) is 21.3. The van der Waals surface area contributed by atoms with Crippen LogP contribution < -0.4 is 0 Å². The molecule has 6 heteroatoms. The van der Waals surface area contributed by atoms with E-state index in [-0.39, 0.29) is 0 Å². The highest BCUT2D eigenvalue weighted by molar-refractivity contribution is 6.32. The van der Waals surface area contributed by atoms with Crippen LogP contribution in [0.15, 0.2) is 97.1 Å². The van der Waals surface area contributed by atoms with Crippen LogP contribution in [0.3, 0.4) is 0 Å². The summed E-state index contributed by atoms with van der Waals surface area (Å²) in [5.74, 6) is -1.89. The second kappa shape index (κ2) is 9.12. The van der Waals surface area contributed by atoms with Crippen molar-refractivity contribution in [2.45, 2.75) is 24.0 Å². The topological polar surface area (TPSA) is 52.6 Å². The lowest BCUT2D eigenvalue weighted by molar-refractivity contribution is -0.0557. The minimum atomic E-state index is -0.797. The van der Waals surface area contributed by atoms with Crippen molar-refractivity contribution in [3.8, 4) is 0 Å². The van der Waals surface area contributed by atoms with Crippen molar-refractivity contribution in [1.82, 2.24) is 0 Å². The van der Waals surface area contributed by atoms with Crippen LogP contribution in [-0.4, -0.2) is 24.1 Å². The lowest BCUT2D eigenvalue weighted by atomic mass is 9.61. The number of ether oxygens (including phenoxy) is 2. The third-order valence-electron chi connectivity index (χ3n) is 6.95. The second-order valence-corrected chi connectivity index (χ2v) is 9.73. The van der Waals surface area contributed by atoms with Gasteiger partial charge in [0.15, 0.2) is 12.2 Å². The van der Waals surface area contributed by atoms with Crippen LogP contribution in [0.4, 0.5) is 0 Å². The van der Waals surface area contributed by atoms with Crippen LogP contribution in [0.2, 0.25) is 10.0 Å². The molecule has 3 aliphatic carbocycles. The lowest BCUT2D eigenvalue weighted by Gasteiger charge is -2.49. The van der Waals surface area contributed by atoms with E-state index in [0.29, 0.717) is 21.2 Å². The molecule has 0 aromatic heterocycles. The lowest BCUT2D eigenvalue weighted by Crippen LogP contribution is -2.51. The molecule has 0 heterocycles. The summed E-state index contributed by atoms with van der Waals surface area (Å²) < 4.78 is 12.3. The molecule has 4 atom stereocenters. The van der Waals surface area contributed by atoms with Gasteiger partial charge in [0.25, 0.3) is 0 Å². The van der Waals surface area contributed by atoms with E-state index in [0.717, 1.165) is 22.3 Å². The molecule has 2 bridgehead atoms. The van der Waals surface area contributed by atoms with Gasteiger partial charge in [-0.05, 0) is 58.7 Å². The number of rotatable bonds is 4. The number of hydrogen-bond acceptors (Lipinski definition) is 4. The summed E-state index contributed by atoms with van der Waals surface area (Å²) >= 11 is 13.5. The zero-order valence-electron chi connectivity index (χ0n) is 18.9. The number of benzene rings is 4. The van der Waals surface area contributed by atoms with Gasteiger partial charge in [0, 0.05) is 10.0 Å². The molecule has 4 aromatic carbocycles. The van der Waals surface area contributed by atoms with E-state index in [1.807, 2.05) is 48.5 Å². The summed E-state index contributed by atoms with van der Waals surface area (Å²) in [6.07, 6.45) is -1.59. The number of esters is 2. The highest BCUT2D eigenvalue weighted by Crippen LogP contribution is 2.58. The number of carbonyl (C=O) groups is 2. The summed E-state index contributed by atoms with van der Waals surface area (Å²) in [6.45, 7) is 0. The number of halogens is 2. The van der Waals surface area contributed by atoms with Crippen LogP contribution in [0.25, 0.3) is 0 Å². The molecule has 3 aliphatic rings. The molecule has 7 rings (SSSR count). The molecule has 4 aromatic rings. The molecule has 0 spiro atoms. The van der Waals surface area contributed by atoms with Gasteiger partial charge < -0.3 is 9.47 Å². The molecule has 2 unspecified atom stereocenters. The number of carbonyl (C=O) groups excluding carboxylic acids is 2. The smallest absolute Gasteiger partial charge is 0.338 e. The first-order valence-corrected chi connectivity index (χ1v) is 12.4. The van der Waals surface area contributed by atoms with E-state index in [2.05, 4.69) is 0 Å². The van der Waals surface area contributed by atoms with Crippen molar-refractivity contribution in [2.24, 2.45) is 0 Å². The molecule has 0 saturated heterocycles. The molecule has 0 saturated carbocycles. The van der Waals surface area contributed by atoms with Crippen molar-refractivity contribution in [1.29, 1.82) is 0 Å². The first kappa shape index (κ1) is 22.8. The van der Waals surface area contributed by atoms with Crippen LogP contribution >= 0.6 is 23.2 Å². The quantitative estimate of drug-likeness (QED) is 0.274. The van der Waals surface area contributed by atoms with Gasteiger partial charge in [-0.1, -0.05) is 83.9 Å². The maximum absolute atomic E-state index is 13.2. The molecule has 178 valence electrons. The summed E-state index contributed by atoms with van der Waals surface area (Å²) in [6, 6.07) is 28.9. The minimum absolute atomic E-state index is 0.415. The molecule has 36 heavy (non-hydrogen) atoms. The summed E-state index contributed by atoms with van der Waals surface area (Å²) in [4.78, 5) is 26.5. The van der Waals surface area contributed by atoms with E-state index in [1.165, 1.54) is 0 Å². The van der Waals surface area contributed by atoms with Crippen LogP contribution in [0, 0.1) is 0 Å². The minimum Gasteiger partial charge on any atom is -0.454 e. The van der Waals surface area contributed by atoms with Gasteiger partial charge in [0.1, 0.15) is 0 Å². The van der Waals surface area contributed by atoms with Crippen molar-refractivity contribution in [2.75, 3.05) is 0 Å². The zero-order chi connectivity index (χ0) is 24.8. The van der Waals surface area contributed by atoms with Crippen molar-refractivity contribution >= 4 is 35.1 Å². The SMILES string of the molecule is O=C(OC1C(OC(=O)c2ccccc2)[C@H]2c3cccc(Cl)c3[C@H]1c1cccc(Cl)c12)c1ccccc1. The summed E-state index contributed by atoms with van der Waals surface area (Å²) in [5, 5.41) is 1.14.